The number of halogens is 1. The molecule has 2 aliphatic rings. The molecule has 1 atom stereocenters. The number of urea groups is 1. The number of carbonyl (C=O) groups excluding carboxylic acids is 3. The summed E-state index contributed by atoms with van der Waals surface area (Å²) >= 11 is 0. The lowest BCUT2D eigenvalue weighted by Crippen LogP contribution is -2.37. The molecule has 31 heavy (non-hydrogen) atoms. The van der Waals surface area contributed by atoms with Crippen molar-refractivity contribution < 1.29 is 18.8 Å². The summed E-state index contributed by atoms with van der Waals surface area (Å²) in [6, 6.07) is 12.5. The molecule has 0 saturated carbocycles. The van der Waals surface area contributed by atoms with E-state index >= 15 is 0 Å². The van der Waals surface area contributed by atoms with Crippen LogP contribution in [-0.2, 0) is 17.9 Å². The lowest BCUT2D eigenvalue weighted by atomic mass is 10.1. The van der Waals surface area contributed by atoms with E-state index in [9.17, 15) is 18.8 Å². The summed E-state index contributed by atoms with van der Waals surface area (Å²) in [5.74, 6) is 4.86. The number of fused-ring (bicyclic) bond motifs is 1. The number of imide groups is 1. The first kappa shape index (κ1) is 21.8. The molecule has 2 aliphatic heterocycles. The molecule has 2 heterocycles. The van der Waals surface area contributed by atoms with Crippen molar-refractivity contribution in [3.8, 4) is 0 Å². The summed E-state index contributed by atoms with van der Waals surface area (Å²) < 4.78 is 12.7. The molecule has 2 aromatic rings. The second-order valence-electron chi connectivity index (χ2n) is 7.15. The van der Waals surface area contributed by atoms with Crippen molar-refractivity contribution in [2.75, 3.05) is 7.05 Å². The van der Waals surface area contributed by atoms with E-state index in [4.69, 9.17) is 11.6 Å². The number of nitrogens with two attached hydrogens (primary N) is 2. The summed E-state index contributed by atoms with van der Waals surface area (Å²) in [7, 11) is 1.71. The summed E-state index contributed by atoms with van der Waals surface area (Å²) in [6.45, 7) is 1.04. The number of nitrogens with one attached hydrogen (secondary N) is 2. The topological polar surface area (TPSA) is 134 Å². The van der Waals surface area contributed by atoms with Crippen LogP contribution in [0.5, 0.6) is 0 Å². The molecule has 4 amide bonds. The van der Waals surface area contributed by atoms with Crippen LogP contribution in [0.2, 0.25) is 0 Å². The maximum absolute atomic E-state index is 12.7. The van der Waals surface area contributed by atoms with E-state index in [0.717, 1.165) is 11.1 Å². The average Bonchev–Trinajstić information content (AvgIpc) is 3.21. The third kappa shape index (κ3) is 5.37. The van der Waals surface area contributed by atoms with Crippen molar-refractivity contribution in [2.24, 2.45) is 11.6 Å². The molecule has 2 aromatic carbocycles. The molecule has 10 heteroatoms. The molecule has 0 aromatic heterocycles. The van der Waals surface area contributed by atoms with E-state index in [1.165, 1.54) is 23.3 Å². The van der Waals surface area contributed by atoms with Crippen molar-refractivity contribution in [3.05, 3.63) is 82.9 Å². The number of hydrazine groups is 1. The van der Waals surface area contributed by atoms with Crippen molar-refractivity contribution in [1.29, 1.82) is 0 Å². The minimum absolute atomic E-state index is 0.0931. The Bertz CT molecular complexity index is 1030. The normalized spacial score (nSPS) is 17.5. The van der Waals surface area contributed by atoms with Gasteiger partial charge in [0, 0.05) is 25.4 Å². The first-order valence-electron chi connectivity index (χ1n) is 9.42. The molecule has 0 bridgehead atoms. The van der Waals surface area contributed by atoms with Gasteiger partial charge in [-0.2, -0.15) is 0 Å². The Hall–Kier alpha value is -3.92. The fourth-order valence-electron chi connectivity index (χ4n) is 3.18. The highest BCUT2D eigenvalue weighted by molar-refractivity contribution is 6.05. The second-order valence-corrected chi connectivity index (χ2v) is 7.15. The zero-order valence-electron chi connectivity index (χ0n) is 16.8. The minimum Gasteiger partial charge on any atom is -0.399 e. The van der Waals surface area contributed by atoms with Gasteiger partial charge in [-0.3, -0.25) is 14.9 Å². The monoisotopic (exact) mass is 426 g/mol. The maximum atomic E-state index is 12.7. The highest BCUT2D eigenvalue weighted by atomic mass is 19.1. The molecule has 0 aliphatic carbocycles. The smallest absolute Gasteiger partial charge is 0.322 e. The van der Waals surface area contributed by atoms with Gasteiger partial charge in [-0.1, -0.05) is 36.4 Å². The first-order valence-corrected chi connectivity index (χ1v) is 9.42. The molecule has 0 radical (unpaired) electrons. The predicted octanol–water partition coefficient (Wildman–Crippen LogP) is 0.782. The van der Waals surface area contributed by atoms with Crippen LogP contribution in [0.3, 0.4) is 0 Å². The SMILES string of the molecule is CN1Cc2ccc(F)cc2C1=O.N/C(=C\N(N)Cc1ccccc1)C1NC(=O)NC1=O. The number of amides is 4. The first-order chi connectivity index (χ1) is 14.7. The fourth-order valence-corrected chi connectivity index (χ4v) is 3.18. The number of nitrogens with zero attached hydrogens (tertiary/aromatic N) is 2. The Labute approximate surface area is 178 Å². The molecule has 1 saturated heterocycles. The van der Waals surface area contributed by atoms with Gasteiger partial charge >= 0.3 is 6.03 Å². The van der Waals surface area contributed by atoms with E-state index in [1.807, 2.05) is 30.3 Å². The third-order valence-corrected chi connectivity index (χ3v) is 4.69. The molecular weight excluding hydrogens is 403 g/mol. The largest absolute Gasteiger partial charge is 0.399 e. The fraction of sp³-hybridized carbons (Fsp3) is 0.190. The van der Waals surface area contributed by atoms with Crippen LogP contribution in [0.4, 0.5) is 9.18 Å². The molecule has 0 spiro atoms. The van der Waals surface area contributed by atoms with Crippen molar-refractivity contribution in [1.82, 2.24) is 20.5 Å². The Morgan fingerprint density at radius 3 is 2.58 bits per heavy atom. The summed E-state index contributed by atoms with van der Waals surface area (Å²) in [6.07, 6.45) is 1.43. The number of hydrogen-bond donors (Lipinski definition) is 4. The van der Waals surface area contributed by atoms with Crippen LogP contribution < -0.4 is 22.2 Å². The van der Waals surface area contributed by atoms with Crippen LogP contribution in [-0.4, -0.2) is 40.8 Å². The molecular formula is C21H23FN6O3. The standard InChI is InChI=1S/C12H15N5O2.C9H8FNO/c13-9(10-11(18)16-12(19)15-10)7-17(14)6-8-4-2-1-3-5-8;1-11-5-6-2-3-7(10)4-8(6)9(11)12/h1-5,7,10H,6,13-14H2,(H2,15,16,18,19);2-4H,5H2,1H3/b9-7-;. The molecule has 4 rings (SSSR count). The van der Waals surface area contributed by atoms with Crippen molar-refractivity contribution in [2.45, 2.75) is 19.1 Å². The van der Waals surface area contributed by atoms with E-state index in [-0.39, 0.29) is 17.4 Å². The summed E-state index contributed by atoms with van der Waals surface area (Å²) in [5.41, 5.74) is 8.34. The molecule has 1 fully saturated rings. The summed E-state index contributed by atoms with van der Waals surface area (Å²) in [5, 5.41) is 5.86. The van der Waals surface area contributed by atoms with Gasteiger partial charge in [0.15, 0.2) is 6.04 Å². The van der Waals surface area contributed by atoms with E-state index in [1.54, 1.807) is 18.0 Å². The van der Waals surface area contributed by atoms with Gasteiger partial charge in [-0.05, 0) is 23.3 Å². The van der Waals surface area contributed by atoms with Crippen molar-refractivity contribution in [3.63, 3.8) is 0 Å². The molecule has 9 nitrogen and oxygen atoms in total. The van der Waals surface area contributed by atoms with Gasteiger partial charge < -0.3 is 21.0 Å². The van der Waals surface area contributed by atoms with Crippen LogP contribution in [0, 0.1) is 5.82 Å². The minimum atomic E-state index is -0.866. The third-order valence-electron chi connectivity index (χ3n) is 4.69. The van der Waals surface area contributed by atoms with Gasteiger partial charge in [0.05, 0.1) is 12.2 Å². The number of hydrogen-bond acceptors (Lipinski definition) is 6. The number of rotatable bonds is 4. The lowest BCUT2D eigenvalue weighted by Gasteiger charge is -2.16. The molecule has 6 N–H and O–H groups in total. The summed E-state index contributed by atoms with van der Waals surface area (Å²) in [4.78, 5) is 35.2. The van der Waals surface area contributed by atoms with Gasteiger partial charge in [0.2, 0.25) is 0 Å². The van der Waals surface area contributed by atoms with Gasteiger partial charge in [0.25, 0.3) is 11.8 Å². The van der Waals surface area contributed by atoms with E-state index in [0.29, 0.717) is 18.7 Å². The Balaban J connectivity index is 0.000000194. The van der Waals surface area contributed by atoms with Crippen molar-refractivity contribution >= 4 is 17.8 Å². The van der Waals surface area contributed by atoms with Crippen LogP contribution in [0.1, 0.15) is 21.5 Å². The Morgan fingerprint density at radius 1 is 1.23 bits per heavy atom. The van der Waals surface area contributed by atoms with E-state index in [2.05, 4.69) is 10.6 Å². The second kappa shape index (κ2) is 9.26. The molecule has 162 valence electrons. The van der Waals surface area contributed by atoms with Crippen LogP contribution >= 0.6 is 0 Å². The van der Waals surface area contributed by atoms with Crippen LogP contribution in [0.25, 0.3) is 0 Å². The highest BCUT2D eigenvalue weighted by Gasteiger charge is 2.31. The average molecular weight is 426 g/mol. The van der Waals surface area contributed by atoms with Crippen LogP contribution in [0.15, 0.2) is 60.4 Å². The van der Waals surface area contributed by atoms with Gasteiger partial charge in [0.1, 0.15) is 5.82 Å². The number of carbonyl (C=O) groups is 3. The zero-order chi connectivity index (χ0) is 22.5. The highest BCUT2D eigenvalue weighted by Crippen LogP contribution is 2.21. The Morgan fingerprint density at radius 2 is 1.94 bits per heavy atom. The van der Waals surface area contributed by atoms with Gasteiger partial charge in [-0.15, -0.1) is 0 Å². The van der Waals surface area contributed by atoms with Gasteiger partial charge in [-0.25, -0.2) is 15.0 Å². The lowest BCUT2D eigenvalue weighted by molar-refractivity contribution is -0.119. The van der Waals surface area contributed by atoms with E-state index < -0.39 is 18.0 Å². The maximum Gasteiger partial charge on any atom is 0.322 e. The molecule has 1 unspecified atom stereocenters. The quantitative estimate of drug-likeness (QED) is 0.324. The predicted molar refractivity (Wildman–Crippen MR) is 111 cm³/mol. The Kier molecular flexibility index (Phi) is 6.51. The zero-order valence-corrected chi connectivity index (χ0v) is 16.8. The number of benzene rings is 2.